The zero-order valence-corrected chi connectivity index (χ0v) is 21.1. The van der Waals surface area contributed by atoms with Crippen molar-refractivity contribution >= 4 is 23.1 Å². The van der Waals surface area contributed by atoms with Gasteiger partial charge >= 0.3 is 0 Å². The van der Waals surface area contributed by atoms with Gasteiger partial charge in [-0.3, -0.25) is 19.2 Å². The molecule has 206 valence electrons. The van der Waals surface area contributed by atoms with Crippen molar-refractivity contribution in [2.75, 3.05) is 13.7 Å². The van der Waals surface area contributed by atoms with Gasteiger partial charge in [0, 0.05) is 36.0 Å². The second-order valence-corrected chi connectivity index (χ2v) is 9.95. The average molecular weight is 542 g/mol. The highest BCUT2D eigenvalue weighted by molar-refractivity contribution is 6.31. The first-order valence-corrected chi connectivity index (χ1v) is 12.3. The summed E-state index contributed by atoms with van der Waals surface area (Å²) < 4.78 is 16.8. The number of Topliss-reactive ketones (excluding diaryl/α,β-unsaturated/α-hetero) is 2. The van der Waals surface area contributed by atoms with Gasteiger partial charge in [-0.1, -0.05) is 12.1 Å². The van der Waals surface area contributed by atoms with E-state index in [4.69, 9.17) is 19.9 Å². The fraction of sp³-hybridized carbons (Fsp3) is 0.407. The highest BCUT2D eigenvalue weighted by atomic mass is 16.7. The number of aliphatic hydroxyl groups is 2. The number of aliphatic hydroxyl groups excluding tert-OH is 1. The molecule has 2 aromatic carbocycles. The lowest BCUT2D eigenvalue weighted by atomic mass is 9.72. The van der Waals surface area contributed by atoms with E-state index in [1.54, 1.807) is 0 Å². The Labute approximate surface area is 221 Å². The summed E-state index contributed by atoms with van der Waals surface area (Å²) in [5.74, 6) is -4.20. The molecular formula is C27H27NO11. The van der Waals surface area contributed by atoms with Crippen LogP contribution in [0.2, 0.25) is 0 Å². The van der Waals surface area contributed by atoms with Crippen molar-refractivity contribution in [3.63, 3.8) is 0 Å². The predicted octanol–water partition coefficient (Wildman–Crippen LogP) is 0.209. The fourth-order valence-electron chi connectivity index (χ4n) is 5.64. The third-order valence-electron chi connectivity index (χ3n) is 7.62. The van der Waals surface area contributed by atoms with Crippen LogP contribution in [0.5, 0.6) is 17.2 Å². The van der Waals surface area contributed by atoms with Crippen LogP contribution in [0.15, 0.2) is 18.2 Å². The number of methoxy groups -OCH3 is 1. The molecule has 3 aliphatic rings. The molecule has 0 amide bonds. The maximum absolute atomic E-state index is 13.6. The molecule has 2 aromatic rings. The van der Waals surface area contributed by atoms with Crippen molar-refractivity contribution in [3.8, 4) is 17.2 Å². The van der Waals surface area contributed by atoms with E-state index in [1.165, 1.54) is 32.2 Å². The maximum Gasteiger partial charge on any atom is 0.202 e. The molecule has 1 heterocycles. The summed E-state index contributed by atoms with van der Waals surface area (Å²) >= 11 is 0. The number of ether oxygens (including phenoxy) is 3. The summed E-state index contributed by atoms with van der Waals surface area (Å²) in [7, 11) is 1.32. The molecule has 0 bridgehead atoms. The first-order valence-electron chi connectivity index (χ1n) is 12.3. The number of phenols is 2. The van der Waals surface area contributed by atoms with E-state index in [0.717, 1.165) is 0 Å². The molecule has 5 atom stereocenters. The van der Waals surface area contributed by atoms with Gasteiger partial charge in [-0.2, -0.15) is 0 Å². The van der Waals surface area contributed by atoms with Crippen LogP contribution in [0.4, 0.5) is 0 Å². The third-order valence-corrected chi connectivity index (χ3v) is 7.62. The number of ketones is 4. The number of hydrogen-bond acceptors (Lipinski definition) is 12. The summed E-state index contributed by atoms with van der Waals surface area (Å²) in [6.45, 7) is 0.449. The zero-order valence-electron chi connectivity index (χ0n) is 21.1. The standard InChI is InChI=1S/C27H27NO11/c1-10-22(31)13(28)6-17(38-10)39-15-8-27(36,16(30)9-29)7-12-19(15)26(35)21-20(24(12)33)23(32)11-4-3-5-14(37-2)18(11)25(21)34/h3-5,10,13,15,17,29,33,35-36H,6-9,28H2,1-2H3/t10-,13-,15-,17?,27-/m0/s1. The van der Waals surface area contributed by atoms with Gasteiger partial charge in [-0.15, -0.1) is 0 Å². The Morgan fingerprint density at radius 1 is 1.13 bits per heavy atom. The Balaban J connectivity index is 1.69. The van der Waals surface area contributed by atoms with Crippen LogP contribution in [-0.4, -0.2) is 81.3 Å². The first kappa shape index (κ1) is 26.9. The molecule has 12 heteroatoms. The molecule has 0 aromatic heterocycles. The molecular weight excluding hydrogens is 514 g/mol. The summed E-state index contributed by atoms with van der Waals surface area (Å²) in [5.41, 5.74) is 2.17. The number of carbonyl (C=O) groups excluding carboxylic acids is 4. The first-order chi connectivity index (χ1) is 18.4. The van der Waals surface area contributed by atoms with Crippen molar-refractivity contribution in [3.05, 3.63) is 51.6 Å². The molecule has 0 saturated carbocycles. The molecule has 1 saturated heterocycles. The minimum Gasteiger partial charge on any atom is -0.507 e. The van der Waals surface area contributed by atoms with Gasteiger partial charge in [0.1, 0.15) is 35.6 Å². The smallest absolute Gasteiger partial charge is 0.202 e. The molecule has 1 unspecified atom stereocenters. The van der Waals surface area contributed by atoms with E-state index in [2.05, 4.69) is 0 Å². The molecule has 1 aliphatic heterocycles. The van der Waals surface area contributed by atoms with Crippen LogP contribution in [0, 0.1) is 0 Å². The van der Waals surface area contributed by atoms with E-state index in [1.807, 2.05) is 0 Å². The Kier molecular flexibility index (Phi) is 6.56. The van der Waals surface area contributed by atoms with E-state index in [0.29, 0.717) is 0 Å². The summed E-state index contributed by atoms with van der Waals surface area (Å²) in [6.07, 6.45) is -4.57. The second kappa shape index (κ2) is 9.50. The van der Waals surface area contributed by atoms with Gasteiger partial charge in [0.25, 0.3) is 0 Å². The Morgan fingerprint density at radius 2 is 1.82 bits per heavy atom. The minimum absolute atomic E-state index is 0.0601. The number of benzene rings is 2. The lowest BCUT2D eigenvalue weighted by molar-refractivity contribution is -0.221. The Morgan fingerprint density at radius 3 is 2.46 bits per heavy atom. The normalized spacial score (nSPS) is 28.0. The van der Waals surface area contributed by atoms with E-state index >= 15 is 0 Å². The van der Waals surface area contributed by atoms with Gasteiger partial charge in [0.15, 0.2) is 23.6 Å². The summed E-state index contributed by atoms with van der Waals surface area (Å²) in [6, 6.07) is 3.42. The number of rotatable bonds is 5. The topological polar surface area (TPSA) is 203 Å². The van der Waals surface area contributed by atoms with Crippen LogP contribution in [-0.2, 0) is 25.5 Å². The van der Waals surface area contributed by atoms with E-state index in [-0.39, 0.29) is 40.2 Å². The minimum atomic E-state index is -2.26. The number of hydrogen-bond donors (Lipinski definition) is 5. The van der Waals surface area contributed by atoms with E-state index in [9.17, 15) is 39.6 Å². The van der Waals surface area contributed by atoms with Gasteiger partial charge in [-0.05, 0) is 13.0 Å². The molecule has 6 N–H and O–H groups in total. The van der Waals surface area contributed by atoms with Gasteiger partial charge in [0.05, 0.1) is 35.9 Å². The molecule has 1 fully saturated rings. The molecule has 5 rings (SSSR count). The number of phenolic OH excluding ortho intramolecular Hbond substituents is 2. The number of carbonyl (C=O) groups is 4. The lowest BCUT2D eigenvalue weighted by Gasteiger charge is -2.41. The van der Waals surface area contributed by atoms with Crippen molar-refractivity contribution < 1.29 is 53.8 Å². The molecule has 0 radical (unpaired) electrons. The Bertz CT molecular complexity index is 1420. The van der Waals surface area contributed by atoms with Gasteiger partial charge < -0.3 is 40.4 Å². The van der Waals surface area contributed by atoms with Crippen molar-refractivity contribution in [2.45, 2.75) is 56.3 Å². The van der Waals surface area contributed by atoms with Crippen LogP contribution in [0.1, 0.15) is 68.8 Å². The third kappa shape index (κ3) is 4.03. The monoisotopic (exact) mass is 541 g/mol. The number of aromatic hydroxyl groups is 2. The number of nitrogens with two attached hydrogens (primary N) is 1. The second-order valence-electron chi connectivity index (χ2n) is 9.95. The van der Waals surface area contributed by atoms with Crippen LogP contribution in [0.25, 0.3) is 0 Å². The molecule has 39 heavy (non-hydrogen) atoms. The SMILES string of the molecule is COc1cccc2c1C(=O)c1c(O)c3c(c(O)c1C2=O)C[C@@](O)(C(=O)CO)C[C@@H]3OC1C[C@H](N)C(=O)[C@H](C)O1. The van der Waals surface area contributed by atoms with Crippen molar-refractivity contribution in [1.29, 1.82) is 0 Å². The zero-order chi connectivity index (χ0) is 28.4. The average Bonchev–Trinajstić information content (AvgIpc) is 2.90. The van der Waals surface area contributed by atoms with Crippen LogP contribution in [0.3, 0.4) is 0 Å². The molecule has 12 nitrogen and oxygen atoms in total. The van der Waals surface area contributed by atoms with Crippen molar-refractivity contribution in [1.82, 2.24) is 0 Å². The van der Waals surface area contributed by atoms with E-state index < -0.39 is 89.6 Å². The number of fused-ring (bicyclic) bond motifs is 3. The quantitative estimate of drug-likeness (QED) is 0.275. The summed E-state index contributed by atoms with van der Waals surface area (Å²) in [5, 5.41) is 43.5. The molecule has 2 aliphatic carbocycles. The van der Waals surface area contributed by atoms with Crippen molar-refractivity contribution in [2.24, 2.45) is 5.73 Å². The summed E-state index contributed by atoms with van der Waals surface area (Å²) in [4.78, 5) is 51.8. The van der Waals surface area contributed by atoms with Crippen LogP contribution >= 0.6 is 0 Å². The Hall–Kier alpha value is -3.68. The lowest BCUT2D eigenvalue weighted by Crippen LogP contribution is -2.51. The van der Waals surface area contributed by atoms with Crippen LogP contribution < -0.4 is 10.5 Å². The molecule has 0 spiro atoms. The largest absolute Gasteiger partial charge is 0.507 e. The van der Waals surface area contributed by atoms with Gasteiger partial charge in [0.2, 0.25) is 5.78 Å². The highest BCUT2D eigenvalue weighted by Crippen LogP contribution is 2.52. The predicted molar refractivity (Wildman–Crippen MR) is 131 cm³/mol. The highest BCUT2D eigenvalue weighted by Gasteiger charge is 2.50. The fourth-order valence-corrected chi connectivity index (χ4v) is 5.64. The maximum atomic E-state index is 13.6. The van der Waals surface area contributed by atoms with Gasteiger partial charge in [-0.25, -0.2) is 0 Å².